The Morgan fingerprint density at radius 3 is 1.78 bits per heavy atom. The van der Waals surface area contributed by atoms with Gasteiger partial charge in [0.1, 0.15) is 6.79 Å². The molecule has 1 atom stereocenters. The Morgan fingerprint density at radius 1 is 0.783 bits per heavy atom. The van der Waals surface area contributed by atoms with Crippen LogP contribution in [0.3, 0.4) is 0 Å². The van der Waals surface area contributed by atoms with Gasteiger partial charge in [-0.25, -0.2) is 0 Å². The lowest BCUT2D eigenvalue weighted by Crippen LogP contribution is -2.14. The minimum atomic E-state index is 0.344. The molecule has 0 aliphatic carbocycles. The van der Waals surface area contributed by atoms with Crippen LogP contribution in [0.15, 0.2) is 12.7 Å². The van der Waals surface area contributed by atoms with E-state index in [0.29, 0.717) is 12.9 Å². The molecule has 2 nitrogen and oxygen atoms in total. The van der Waals surface area contributed by atoms with Crippen LogP contribution in [-0.2, 0) is 9.47 Å². The predicted octanol–water partition coefficient (Wildman–Crippen LogP) is 7.03. The number of unbranched alkanes of at least 4 members (excludes halogenated alkanes) is 11. The van der Waals surface area contributed by atoms with Crippen molar-refractivity contribution in [2.45, 2.75) is 109 Å². The summed E-state index contributed by atoms with van der Waals surface area (Å²) < 4.78 is 10.7. The average molecular weight is 327 g/mol. The van der Waals surface area contributed by atoms with Gasteiger partial charge in [-0.05, 0) is 19.3 Å². The Bertz CT molecular complexity index is 228. The van der Waals surface area contributed by atoms with Crippen LogP contribution in [0.1, 0.15) is 103 Å². The second-order valence-electron chi connectivity index (χ2n) is 6.74. The fourth-order valence-electron chi connectivity index (χ4n) is 2.99. The molecule has 23 heavy (non-hydrogen) atoms. The molecule has 0 aromatic carbocycles. The molecule has 0 aliphatic heterocycles. The SMILES string of the molecule is C=CCC[C@H](CCCCCCCCCCCCCC)OCOC. The normalized spacial score (nSPS) is 12.4. The molecule has 0 radical (unpaired) electrons. The number of allylic oxidation sites excluding steroid dienone is 1. The Morgan fingerprint density at radius 2 is 1.30 bits per heavy atom. The lowest BCUT2D eigenvalue weighted by molar-refractivity contribution is -0.0766. The van der Waals surface area contributed by atoms with Gasteiger partial charge < -0.3 is 9.47 Å². The van der Waals surface area contributed by atoms with Crippen LogP contribution in [-0.4, -0.2) is 20.0 Å². The summed E-state index contributed by atoms with van der Waals surface area (Å²) in [5, 5.41) is 0. The van der Waals surface area contributed by atoms with Crippen molar-refractivity contribution in [3.8, 4) is 0 Å². The molecule has 0 aliphatic rings. The van der Waals surface area contributed by atoms with E-state index < -0.39 is 0 Å². The minimum absolute atomic E-state index is 0.344. The second kappa shape index (κ2) is 19.7. The molecule has 0 N–H and O–H groups in total. The van der Waals surface area contributed by atoms with Crippen molar-refractivity contribution in [1.82, 2.24) is 0 Å². The first-order chi connectivity index (χ1) is 11.3. The summed E-state index contributed by atoms with van der Waals surface area (Å²) in [7, 11) is 1.69. The molecular weight excluding hydrogens is 284 g/mol. The third-order valence-electron chi connectivity index (χ3n) is 4.49. The monoisotopic (exact) mass is 326 g/mol. The molecule has 0 heterocycles. The van der Waals surface area contributed by atoms with Crippen molar-refractivity contribution in [3.05, 3.63) is 12.7 Å². The molecular formula is C21H42O2. The van der Waals surface area contributed by atoms with Gasteiger partial charge in [-0.3, -0.25) is 0 Å². The van der Waals surface area contributed by atoms with Crippen LogP contribution in [0, 0.1) is 0 Å². The van der Waals surface area contributed by atoms with Crippen LogP contribution >= 0.6 is 0 Å². The topological polar surface area (TPSA) is 18.5 Å². The van der Waals surface area contributed by atoms with E-state index in [0.717, 1.165) is 19.3 Å². The fraction of sp³-hybridized carbons (Fsp3) is 0.905. The maximum absolute atomic E-state index is 5.72. The molecule has 0 amide bonds. The highest BCUT2D eigenvalue weighted by Crippen LogP contribution is 2.15. The van der Waals surface area contributed by atoms with Crippen molar-refractivity contribution in [1.29, 1.82) is 0 Å². The summed E-state index contributed by atoms with van der Waals surface area (Å²) in [6, 6.07) is 0. The fourth-order valence-corrected chi connectivity index (χ4v) is 2.99. The Labute approximate surface area is 146 Å². The largest absolute Gasteiger partial charge is 0.359 e. The van der Waals surface area contributed by atoms with Gasteiger partial charge in [0.25, 0.3) is 0 Å². The molecule has 0 fully saturated rings. The lowest BCUT2D eigenvalue weighted by Gasteiger charge is -2.16. The first-order valence-electron chi connectivity index (χ1n) is 10.1. The van der Waals surface area contributed by atoms with Crippen molar-refractivity contribution >= 4 is 0 Å². The van der Waals surface area contributed by atoms with Gasteiger partial charge in [0, 0.05) is 7.11 Å². The Hall–Kier alpha value is -0.340. The van der Waals surface area contributed by atoms with Crippen molar-refractivity contribution < 1.29 is 9.47 Å². The standard InChI is InChI=1S/C21H42O2/c1-4-6-8-9-10-11-12-13-14-15-16-17-19-21(18-7-5-2)23-20-22-3/h5,21H,2,4,6-20H2,1,3H3/t21-/m1/s1. The average Bonchev–Trinajstić information content (AvgIpc) is 2.57. The number of ether oxygens (including phenoxy) is 2. The summed E-state index contributed by atoms with van der Waals surface area (Å²) in [4.78, 5) is 0. The van der Waals surface area contributed by atoms with Crippen LogP contribution in [0.4, 0.5) is 0 Å². The summed E-state index contributed by atoms with van der Waals surface area (Å²) in [5.74, 6) is 0. The van der Waals surface area contributed by atoms with Gasteiger partial charge in [-0.1, -0.05) is 90.0 Å². The molecule has 0 aromatic rings. The number of hydrogen-bond donors (Lipinski definition) is 0. The van der Waals surface area contributed by atoms with Crippen molar-refractivity contribution in [3.63, 3.8) is 0 Å². The molecule has 0 unspecified atom stereocenters. The number of rotatable bonds is 19. The third-order valence-corrected chi connectivity index (χ3v) is 4.49. The zero-order chi connectivity index (χ0) is 17.0. The van der Waals surface area contributed by atoms with Gasteiger partial charge in [0.05, 0.1) is 6.10 Å². The highest BCUT2D eigenvalue weighted by molar-refractivity contribution is 4.70. The second-order valence-corrected chi connectivity index (χ2v) is 6.74. The van der Waals surface area contributed by atoms with Gasteiger partial charge in [0.15, 0.2) is 0 Å². The minimum Gasteiger partial charge on any atom is -0.359 e. The van der Waals surface area contributed by atoms with E-state index in [2.05, 4.69) is 13.5 Å². The summed E-state index contributed by atoms with van der Waals surface area (Å²) in [6.45, 7) is 6.49. The molecule has 0 rings (SSSR count). The van der Waals surface area contributed by atoms with Gasteiger partial charge >= 0.3 is 0 Å². The van der Waals surface area contributed by atoms with Crippen molar-refractivity contribution in [2.75, 3.05) is 13.9 Å². The van der Waals surface area contributed by atoms with Crippen LogP contribution in [0.5, 0.6) is 0 Å². The molecule has 2 heteroatoms. The van der Waals surface area contributed by atoms with E-state index in [1.807, 2.05) is 6.08 Å². The summed E-state index contributed by atoms with van der Waals surface area (Å²) in [6.07, 6.45) is 22.4. The van der Waals surface area contributed by atoms with Crippen LogP contribution in [0.25, 0.3) is 0 Å². The van der Waals surface area contributed by atoms with E-state index in [1.165, 1.54) is 77.0 Å². The van der Waals surface area contributed by atoms with E-state index in [1.54, 1.807) is 7.11 Å². The molecule has 0 aromatic heterocycles. The molecule has 0 bridgehead atoms. The molecule has 0 saturated carbocycles. The maximum atomic E-state index is 5.72. The zero-order valence-corrected chi connectivity index (χ0v) is 16.0. The van der Waals surface area contributed by atoms with Crippen molar-refractivity contribution in [2.24, 2.45) is 0 Å². The quantitative estimate of drug-likeness (QED) is 0.144. The Kier molecular flexibility index (Phi) is 19.4. The van der Waals surface area contributed by atoms with Gasteiger partial charge in [-0.15, -0.1) is 6.58 Å². The van der Waals surface area contributed by atoms with E-state index in [4.69, 9.17) is 9.47 Å². The number of methoxy groups -OCH3 is 1. The van der Waals surface area contributed by atoms with E-state index >= 15 is 0 Å². The number of hydrogen-bond acceptors (Lipinski definition) is 2. The summed E-state index contributed by atoms with van der Waals surface area (Å²) in [5.41, 5.74) is 0. The zero-order valence-electron chi connectivity index (χ0n) is 16.0. The maximum Gasteiger partial charge on any atom is 0.146 e. The predicted molar refractivity (Wildman–Crippen MR) is 102 cm³/mol. The van der Waals surface area contributed by atoms with Crippen LogP contribution in [0.2, 0.25) is 0 Å². The highest BCUT2D eigenvalue weighted by Gasteiger charge is 2.07. The highest BCUT2D eigenvalue weighted by atomic mass is 16.7. The first-order valence-corrected chi connectivity index (χ1v) is 10.1. The first kappa shape index (κ1) is 22.7. The van der Waals surface area contributed by atoms with E-state index in [9.17, 15) is 0 Å². The third kappa shape index (κ3) is 17.8. The summed E-state index contributed by atoms with van der Waals surface area (Å²) >= 11 is 0. The smallest absolute Gasteiger partial charge is 0.146 e. The molecule has 138 valence electrons. The van der Waals surface area contributed by atoms with E-state index in [-0.39, 0.29) is 0 Å². The Balaban J connectivity index is 3.32. The van der Waals surface area contributed by atoms with Gasteiger partial charge in [0.2, 0.25) is 0 Å². The van der Waals surface area contributed by atoms with Crippen LogP contribution < -0.4 is 0 Å². The molecule has 0 spiro atoms. The molecule has 0 saturated heterocycles. The van der Waals surface area contributed by atoms with Gasteiger partial charge in [-0.2, -0.15) is 0 Å². The lowest BCUT2D eigenvalue weighted by atomic mass is 10.0.